The van der Waals surface area contributed by atoms with E-state index in [1.807, 2.05) is 4.72 Å². The predicted octanol–water partition coefficient (Wildman–Crippen LogP) is 3.28. The zero-order valence-corrected chi connectivity index (χ0v) is 17.1. The van der Waals surface area contributed by atoms with Gasteiger partial charge in [0.2, 0.25) is 0 Å². The fourth-order valence-corrected chi connectivity index (χ4v) is 3.50. The standard InChI is InChI=1S/C20H16F2N4O5S/c21-16-2-1-7-24-19(16)30-15-6-4-13-11-26(20(27)31-18(13)9-15)10-12-3-5-14(8-17(12)22)25-32(23,28)29/h1-9,25H,10-11H2,(H2,23,28,29). The number of nitrogens with two attached hydrogens (primary N) is 1. The molecular weight excluding hydrogens is 446 g/mol. The van der Waals surface area contributed by atoms with Gasteiger partial charge in [0, 0.05) is 23.4 Å². The third-order valence-corrected chi connectivity index (χ3v) is 4.99. The molecule has 0 aliphatic carbocycles. The molecule has 1 aliphatic rings. The normalized spacial score (nSPS) is 13.3. The second kappa shape index (κ2) is 8.40. The third kappa shape index (κ3) is 4.92. The number of hydrogen-bond donors (Lipinski definition) is 2. The molecule has 12 heteroatoms. The lowest BCUT2D eigenvalue weighted by Gasteiger charge is -2.28. The Labute approximate surface area is 181 Å². The van der Waals surface area contributed by atoms with E-state index in [1.165, 1.54) is 41.4 Å². The maximum absolute atomic E-state index is 14.4. The highest BCUT2D eigenvalue weighted by molar-refractivity contribution is 7.90. The van der Waals surface area contributed by atoms with Gasteiger partial charge in [0.05, 0.1) is 18.8 Å². The number of nitrogens with one attached hydrogen (secondary N) is 1. The first kappa shape index (κ1) is 21.5. The molecule has 4 rings (SSSR count). The van der Waals surface area contributed by atoms with Crippen LogP contribution in [0, 0.1) is 11.6 Å². The summed E-state index contributed by atoms with van der Waals surface area (Å²) in [4.78, 5) is 17.5. The van der Waals surface area contributed by atoms with Gasteiger partial charge < -0.3 is 9.47 Å². The van der Waals surface area contributed by atoms with Crippen molar-refractivity contribution in [1.29, 1.82) is 0 Å². The first-order valence-corrected chi connectivity index (χ1v) is 10.7. The van der Waals surface area contributed by atoms with Crippen molar-refractivity contribution in [1.82, 2.24) is 9.88 Å². The summed E-state index contributed by atoms with van der Waals surface area (Å²) in [6, 6.07) is 10.9. The second-order valence-electron chi connectivity index (χ2n) is 6.84. The van der Waals surface area contributed by atoms with Gasteiger partial charge in [-0.15, -0.1) is 0 Å². The van der Waals surface area contributed by atoms with Crippen molar-refractivity contribution in [3.05, 3.63) is 77.5 Å². The van der Waals surface area contributed by atoms with Gasteiger partial charge >= 0.3 is 6.09 Å². The molecule has 0 saturated carbocycles. The quantitative estimate of drug-likeness (QED) is 0.579. The number of amides is 1. The van der Waals surface area contributed by atoms with Gasteiger partial charge in [-0.3, -0.25) is 9.62 Å². The number of benzene rings is 2. The van der Waals surface area contributed by atoms with Crippen molar-refractivity contribution >= 4 is 22.0 Å². The van der Waals surface area contributed by atoms with Crippen molar-refractivity contribution in [3.8, 4) is 17.4 Å². The van der Waals surface area contributed by atoms with Gasteiger partial charge in [0.1, 0.15) is 17.3 Å². The number of nitrogens with zero attached hydrogens (tertiary/aromatic N) is 2. The second-order valence-corrected chi connectivity index (χ2v) is 8.13. The van der Waals surface area contributed by atoms with Gasteiger partial charge in [-0.2, -0.15) is 8.42 Å². The Balaban J connectivity index is 1.48. The minimum atomic E-state index is -4.04. The van der Waals surface area contributed by atoms with Crippen LogP contribution in [0.4, 0.5) is 19.3 Å². The highest BCUT2D eigenvalue weighted by Crippen LogP contribution is 2.33. The molecule has 0 fully saturated rings. The molecule has 1 aliphatic heterocycles. The summed E-state index contributed by atoms with van der Waals surface area (Å²) in [5.41, 5.74) is 0.736. The number of rotatable bonds is 6. The summed E-state index contributed by atoms with van der Waals surface area (Å²) >= 11 is 0. The SMILES string of the molecule is NS(=O)(=O)Nc1ccc(CN2Cc3ccc(Oc4ncccc4F)cc3OC2=O)c(F)c1. The summed E-state index contributed by atoms with van der Waals surface area (Å²) in [6.45, 7) is 0.0141. The summed E-state index contributed by atoms with van der Waals surface area (Å²) in [7, 11) is -4.04. The average Bonchev–Trinajstić information content (AvgIpc) is 2.71. The summed E-state index contributed by atoms with van der Waals surface area (Å²) in [6.07, 6.45) is 0.663. The van der Waals surface area contributed by atoms with Crippen LogP contribution in [0.15, 0.2) is 54.7 Å². The Morgan fingerprint density at radius 3 is 2.69 bits per heavy atom. The number of anilines is 1. The monoisotopic (exact) mass is 462 g/mol. The van der Waals surface area contributed by atoms with E-state index in [4.69, 9.17) is 14.6 Å². The first-order chi connectivity index (χ1) is 15.2. The summed E-state index contributed by atoms with van der Waals surface area (Å²) < 4.78 is 62.9. The molecule has 1 aromatic heterocycles. The van der Waals surface area contributed by atoms with Crippen molar-refractivity contribution in [2.45, 2.75) is 13.1 Å². The number of halogens is 2. The fourth-order valence-electron chi connectivity index (χ4n) is 3.04. The van der Waals surface area contributed by atoms with E-state index in [-0.39, 0.29) is 41.7 Å². The van der Waals surface area contributed by atoms with Crippen LogP contribution in [-0.2, 0) is 23.3 Å². The lowest BCUT2D eigenvalue weighted by Crippen LogP contribution is -2.36. The van der Waals surface area contributed by atoms with E-state index in [0.29, 0.717) is 5.56 Å². The van der Waals surface area contributed by atoms with Crippen LogP contribution in [-0.4, -0.2) is 24.4 Å². The molecule has 3 N–H and O–H groups in total. The lowest BCUT2D eigenvalue weighted by molar-refractivity contribution is 0.134. The average molecular weight is 462 g/mol. The highest BCUT2D eigenvalue weighted by Gasteiger charge is 2.26. The number of fused-ring (bicyclic) bond motifs is 1. The van der Waals surface area contributed by atoms with Crippen molar-refractivity contribution in [2.75, 3.05) is 4.72 Å². The number of pyridine rings is 1. The lowest BCUT2D eigenvalue weighted by atomic mass is 10.1. The fraction of sp³-hybridized carbons (Fsp3) is 0.100. The van der Waals surface area contributed by atoms with Crippen LogP contribution in [0.5, 0.6) is 17.4 Å². The van der Waals surface area contributed by atoms with Crippen LogP contribution in [0.1, 0.15) is 11.1 Å². The summed E-state index contributed by atoms with van der Waals surface area (Å²) in [5.74, 6) is -1.12. The number of ether oxygens (including phenoxy) is 2. The first-order valence-electron chi connectivity index (χ1n) is 9.15. The number of hydrogen-bond acceptors (Lipinski definition) is 6. The Morgan fingerprint density at radius 2 is 1.97 bits per heavy atom. The molecule has 1 amide bonds. The van der Waals surface area contributed by atoms with E-state index in [0.717, 1.165) is 6.07 Å². The molecule has 0 atom stereocenters. The van der Waals surface area contributed by atoms with Gasteiger partial charge in [-0.1, -0.05) is 6.07 Å². The van der Waals surface area contributed by atoms with Gasteiger partial charge in [0.25, 0.3) is 16.1 Å². The van der Waals surface area contributed by atoms with Gasteiger partial charge in [-0.05, 0) is 36.4 Å². The minimum Gasteiger partial charge on any atom is -0.436 e. The van der Waals surface area contributed by atoms with Crippen LogP contribution in [0.25, 0.3) is 0 Å². The topological polar surface area (TPSA) is 124 Å². The van der Waals surface area contributed by atoms with E-state index in [2.05, 4.69) is 4.98 Å². The predicted molar refractivity (Wildman–Crippen MR) is 109 cm³/mol. The van der Waals surface area contributed by atoms with Crippen LogP contribution >= 0.6 is 0 Å². The van der Waals surface area contributed by atoms with Crippen LogP contribution in [0.2, 0.25) is 0 Å². The van der Waals surface area contributed by atoms with E-state index >= 15 is 0 Å². The number of carbonyl (C=O) groups excluding carboxylic acids is 1. The molecular formula is C20H16F2N4O5S. The Kier molecular flexibility index (Phi) is 5.63. The largest absolute Gasteiger partial charge is 0.436 e. The van der Waals surface area contributed by atoms with Gasteiger partial charge in [0.15, 0.2) is 5.82 Å². The minimum absolute atomic E-state index is 0.0443. The van der Waals surface area contributed by atoms with E-state index in [1.54, 1.807) is 12.1 Å². The maximum Gasteiger partial charge on any atom is 0.415 e. The molecule has 0 saturated heterocycles. The van der Waals surface area contributed by atoms with E-state index < -0.39 is 27.9 Å². The third-order valence-electron chi connectivity index (χ3n) is 4.47. The maximum atomic E-state index is 14.4. The molecule has 2 aromatic carbocycles. The van der Waals surface area contributed by atoms with Crippen LogP contribution in [0.3, 0.4) is 0 Å². The van der Waals surface area contributed by atoms with Crippen molar-refractivity contribution in [2.24, 2.45) is 5.14 Å². The highest BCUT2D eigenvalue weighted by atomic mass is 32.2. The number of aromatic nitrogens is 1. The Bertz CT molecular complexity index is 1300. The smallest absolute Gasteiger partial charge is 0.415 e. The zero-order valence-electron chi connectivity index (χ0n) is 16.3. The molecule has 0 bridgehead atoms. The Morgan fingerprint density at radius 1 is 1.16 bits per heavy atom. The molecule has 3 aromatic rings. The zero-order chi connectivity index (χ0) is 22.9. The molecule has 9 nitrogen and oxygen atoms in total. The molecule has 0 radical (unpaired) electrons. The number of carbonyl (C=O) groups is 1. The summed E-state index contributed by atoms with van der Waals surface area (Å²) in [5, 5.41) is 4.87. The van der Waals surface area contributed by atoms with E-state index in [9.17, 15) is 22.0 Å². The molecule has 0 unspecified atom stereocenters. The molecule has 166 valence electrons. The van der Waals surface area contributed by atoms with Crippen molar-refractivity contribution < 1.29 is 31.5 Å². The Hall–Kier alpha value is -3.77. The van der Waals surface area contributed by atoms with Crippen LogP contribution < -0.4 is 19.3 Å². The van der Waals surface area contributed by atoms with Crippen molar-refractivity contribution in [3.63, 3.8) is 0 Å². The van der Waals surface area contributed by atoms with Gasteiger partial charge in [-0.25, -0.2) is 23.7 Å². The molecule has 32 heavy (non-hydrogen) atoms. The molecule has 2 heterocycles. The molecule has 0 spiro atoms.